The summed E-state index contributed by atoms with van der Waals surface area (Å²) in [6, 6.07) is 10.4. The van der Waals surface area contributed by atoms with Crippen LogP contribution in [0.25, 0.3) is 0 Å². The number of thioether (sulfide) groups is 1. The molecule has 2 unspecified atom stereocenters. The second-order valence-electron chi connectivity index (χ2n) is 6.52. The second-order valence-corrected chi connectivity index (χ2v) is 7.40. The van der Waals surface area contributed by atoms with Gasteiger partial charge in [0.2, 0.25) is 0 Å². The lowest BCUT2D eigenvalue weighted by Gasteiger charge is -2.44. The average molecular weight is 290 g/mol. The predicted octanol–water partition coefficient (Wildman–Crippen LogP) is 3.62. The summed E-state index contributed by atoms with van der Waals surface area (Å²) in [6.45, 7) is 6.98. The van der Waals surface area contributed by atoms with Gasteiger partial charge in [-0.1, -0.05) is 19.9 Å². The maximum atomic E-state index is 3.79. The van der Waals surface area contributed by atoms with Gasteiger partial charge in [-0.05, 0) is 49.1 Å². The van der Waals surface area contributed by atoms with Gasteiger partial charge in [0.05, 0.1) is 0 Å². The minimum atomic E-state index is 0.613. The fourth-order valence-electron chi connectivity index (χ4n) is 3.29. The van der Waals surface area contributed by atoms with Crippen molar-refractivity contribution in [1.29, 1.82) is 0 Å². The van der Waals surface area contributed by atoms with Crippen LogP contribution in [0, 0.1) is 11.8 Å². The van der Waals surface area contributed by atoms with E-state index in [4.69, 9.17) is 0 Å². The first-order chi connectivity index (χ1) is 9.69. The van der Waals surface area contributed by atoms with Crippen LogP contribution in [0.3, 0.4) is 0 Å². The highest BCUT2D eigenvalue weighted by atomic mass is 32.2. The number of benzene rings is 1. The van der Waals surface area contributed by atoms with Crippen molar-refractivity contribution in [3.05, 3.63) is 24.3 Å². The second kappa shape index (κ2) is 5.98. The van der Waals surface area contributed by atoms with Gasteiger partial charge in [-0.25, -0.2) is 0 Å². The molecule has 1 aliphatic heterocycles. The Kier molecular flexibility index (Phi) is 4.27. The van der Waals surface area contributed by atoms with Crippen molar-refractivity contribution in [3.63, 3.8) is 0 Å². The normalized spacial score (nSPS) is 27.1. The summed E-state index contributed by atoms with van der Waals surface area (Å²) in [4.78, 5) is 4.02. The molecule has 20 heavy (non-hydrogen) atoms. The van der Waals surface area contributed by atoms with Crippen molar-refractivity contribution in [2.45, 2.75) is 43.7 Å². The van der Waals surface area contributed by atoms with Gasteiger partial charge in [0.1, 0.15) is 0 Å². The Balaban J connectivity index is 1.83. The Morgan fingerprint density at radius 2 is 2.10 bits per heavy atom. The Morgan fingerprint density at radius 3 is 2.75 bits per heavy atom. The van der Waals surface area contributed by atoms with E-state index >= 15 is 0 Å². The van der Waals surface area contributed by atoms with Gasteiger partial charge in [-0.2, -0.15) is 0 Å². The van der Waals surface area contributed by atoms with E-state index in [0.717, 1.165) is 12.5 Å². The molecule has 0 spiro atoms. The molecule has 2 atom stereocenters. The molecule has 0 amide bonds. The Labute approximate surface area is 127 Å². The van der Waals surface area contributed by atoms with Crippen LogP contribution in [0.5, 0.6) is 0 Å². The Morgan fingerprint density at radius 1 is 1.30 bits per heavy atom. The standard InChI is InChI=1S/C17H26N2S/c1-12(2)17-10-18-16(13-7-8-13)11-19(17)14-5-4-6-15(9-14)20-3/h4-6,9,12-13,16-18H,7-8,10-11H2,1-3H3. The summed E-state index contributed by atoms with van der Waals surface area (Å²) in [6.07, 6.45) is 5.00. The number of hydrogen-bond acceptors (Lipinski definition) is 3. The molecule has 110 valence electrons. The first-order valence-corrected chi connectivity index (χ1v) is 9.05. The zero-order chi connectivity index (χ0) is 14.1. The van der Waals surface area contributed by atoms with E-state index < -0.39 is 0 Å². The van der Waals surface area contributed by atoms with Crippen molar-refractivity contribution in [2.24, 2.45) is 11.8 Å². The van der Waals surface area contributed by atoms with Crippen LogP contribution < -0.4 is 10.2 Å². The number of piperazine rings is 1. The van der Waals surface area contributed by atoms with Crippen LogP contribution >= 0.6 is 11.8 Å². The molecule has 2 aliphatic rings. The molecule has 2 nitrogen and oxygen atoms in total. The zero-order valence-electron chi connectivity index (χ0n) is 12.8. The van der Waals surface area contributed by atoms with Crippen molar-refractivity contribution >= 4 is 17.4 Å². The number of nitrogens with one attached hydrogen (secondary N) is 1. The van der Waals surface area contributed by atoms with Gasteiger partial charge in [-0.3, -0.25) is 0 Å². The number of hydrogen-bond donors (Lipinski definition) is 1. The molecule has 3 rings (SSSR count). The van der Waals surface area contributed by atoms with Gasteiger partial charge in [0.25, 0.3) is 0 Å². The monoisotopic (exact) mass is 290 g/mol. The molecule has 1 aromatic carbocycles. The topological polar surface area (TPSA) is 15.3 Å². The molecule has 0 aromatic heterocycles. The van der Waals surface area contributed by atoms with E-state index in [9.17, 15) is 0 Å². The summed E-state index contributed by atoms with van der Waals surface area (Å²) in [5, 5.41) is 3.79. The summed E-state index contributed by atoms with van der Waals surface area (Å²) >= 11 is 1.83. The van der Waals surface area contributed by atoms with Gasteiger partial charge < -0.3 is 10.2 Å². The fraction of sp³-hybridized carbons (Fsp3) is 0.647. The van der Waals surface area contributed by atoms with Crippen molar-refractivity contribution < 1.29 is 0 Å². The molecule has 0 bridgehead atoms. The first-order valence-electron chi connectivity index (χ1n) is 7.83. The molecule has 0 radical (unpaired) electrons. The van der Waals surface area contributed by atoms with Crippen LogP contribution in [-0.4, -0.2) is 31.4 Å². The molecule has 1 saturated carbocycles. The highest BCUT2D eigenvalue weighted by Crippen LogP contribution is 2.36. The minimum absolute atomic E-state index is 0.613. The molecule has 2 fully saturated rings. The van der Waals surface area contributed by atoms with E-state index in [1.807, 2.05) is 11.8 Å². The zero-order valence-corrected chi connectivity index (χ0v) is 13.6. The van der Waals surface area contributed by atoms with E-state index in [1.54, 1.807) is 0 Å². The van der Waals surface area contributed by atoms with Crippen LogP contribution in [-0.2, 0) is 0 Å². The maximum Gasteiger partial charge on any atom is 0.0438 e. The first kappa shape index (κ1) is 14.3. The summed E-state index contributed by atoms with van der Waals surface area (Å²) < 4.78 is 0. The van der Waals surface area contributed by atoms with Gasteiger partial charge in [0, 0.05) is 35.8 Å². The lowest BCUT2D eigenvalue weighted by atomic mass is 9.96. The smallest absolute Gasteiger partial charge is 0.0438 e. The minimum Gasteiger partial charge on any atom is -0.365 e. The molecule has 1 aromatic rings. The van der Waals surface area contributed by atoms with Gasteiger partial charge in [-0.15, -0.1) is 11.8 Å². The number of nitrogens with zero attached hydrogens (tertiary/aromatic N) is 1. The van der Waals surface area contributed by atoms with Crippen LogP contribution in [0.1, 0.15) is 26.7 Å². The van der Waals surface area contributed by atoms with Crippen LogP contribution in [0.15, 0.2) is 29.2 Å². The molecule has 1 N–H and O–H groups in total. The van der Waals surface area contributed by atoms with Crippen molar-refractivity contribution in [1.82, 2.24) is 5.32 Å². The maximum absolute atomic E-state index is 3.79. The van der Waals surface area contributed by atoms with E-state index in [1.165, 1.54) is 30.0 Å². The number of rotatable bonds is 4. The predicted molar refractivity (Wildman–Crippen MR) is 88.7 cm³/mol. The highest BCUT2D eigenvalue weighted by Gasteiger charge is 2.38. The van der Waals surface area contributed by atoms with Crippen LogP contribution in [0.2, 0.25) is 0 Å². The molecule has 3 heteroatoms. The lowest BCUT2D eigenvalue weighted by molar-refractivity contribution is 0.320. The third-order valence-corrected chi connectivity index (χ3v) is 5.45. The van der Waals surface area contributed by atoms with Crippen molar-refractivity contribution in [2.75, 3.05) is 24.2 Å². The third-order valence-electron chi connectivity index (χ3n) is 4.73. The van der Waals surface area contributed by atoms with Gasteiger partial charge >= 0.3 is 0 Å². The largest absolute Gasteiger partial charge is 0.365 e. The van der Waals surface area contributed by atoms with E-state index in [2.05, 4.69) is 54.6 Å². The Hall–Kier alpha value is -0.670. The average Bonchev–Trinajstić information content (AvgIpc) is 3.31. The molecular formula is C17H26N2S. The molecule has 1 saturated heterocycles. The third kappa shape index (κ3) is 2.99. The summed E-state index contributed by atoms with van der Waals surface area (Å²) in [5.41, 5.74) is 1.41. The van der Waals surface area contributed by atoms with Crippen LogP contribution in [0.4, 0.5) is 5.69 Å². The quantitative estimate of drug-likeness (QED) is 0.853. The number of anilines is 1. The van der Waals surface area contributed by atoms with E-state index in [0.29, 0.717) is 18.0 Å². The SMILES string of the molecule is CSc1cccc(N2CC(C3CC3)NCC2C(C)C)c1. The molecule has 1 heterocycles. The fourth-order valence-corrected chi connectivity index (χ4v) is 3.74. The Bertz CT molecular complexity index is 456. The molecule has 1 aliphatic carbocycles. The van der Waals surface area contributed by atoms with Crippen molar-refractivity contribution in [3.8, 4) is 0 Å². The van der Waals surface area contributed by atoms with Gasteiger partial charge in [0.15, 0.2) is 0 Å². The molecular weight excluding hydrogens is 264 g/mol. The summed E-state index contributed by atoms with van der Waals surface area (Å²) in [5.74, 6) is 1.61. The van der Waals surface area contributed by atoms with E-state index in [-0.39, 0.29) is 0 Å². The highest BCUT2D eigenvalue weighted by molar-refractivity contribution is 7.98. The summed E-state index contributed by atoms with van der Waals surface area (Å²) in [7, 11) is 0. The lowest BCUT2D eigenvalue weighted by Crippen LogP contribution is -2.59.